The maximum atomic E-state index is 5.91. The van der Waals surface area contributed by atoms with E-state index in [-0.39, 0.29) is 0 Å². The molecule has 1 rings (SSSR count). The van der Waals surface area contributed by atoms with Gasteiger partial charge < -0.3 is 0 Å². The summed E-state index contributed by atoms with van der Waals surface area (Å²) in [6.07, 6.45) is 0. The predicted molar refractivity (Wildman–Crippen MR) is 66.4 cm³/mol. The second-order valence-corrected chi connectivity index (χ2v) is 9.65. The van der Waals surface area contributed by atoms with Gasteiger partial charge in [-0.15, -0.1) is 5.54 Å². The highest BCUT2D eigenvalue weighted by molar-refractivity contribution is 6.83. The van der Waals surface area contributed by atoms with Crippen LogP contribution in [0.25, 0.3) is 0 Å². The average molecular weight is 223 g/mol. The first-order valence-corrected chi connectivity index (χ1v) is 8.55. The summed E-state index contributed by atoms with van der Waals surface area (Å²) in [5.41, 5.74) is 5.59. The normalized spacial score (nSPS) is 10.6. The van der Waals surface area contributed by atoms with Gasteiger partial charge in [-0.3, -0.25) is 0 Å². The zero-order chi connectivity index (χ0) is 10.8. The molecule has 0 saturated carbocycles. The maximum Gasteiger partial charge on any atom is 0.129 e. The number of hydrogen-bond acceptors (Lipinski definition) is 0. The van der Waals surface area contributed by atoms with E-state index in [1.54, 1.807) is 0 Å². The summed E-state index contributed by atoms with van der Waals surface area (Å²) in [5, 5.41) is 0.760. The molecule has 0 aliphatic rings. The summed E-state index contributed by atoms with van der Waals surface area (Å²) in [4.78, 5) is 0. The molecule has 0 spiro atoms. The third kappa shape index (κ3) is 3.57. The van der Waals surface area contributed by atoms with Crippen LogP contribution in [0, 0.1) is 18.4 Å². The molecule has 0 unspecified atom stereocenters. The van der Waals surface area contributed by atoms with Gasteiger partial charge in [0, 0.05) is 10.6 Å². The third-order valence-electron chi connectivity index (χ3n) is 1.77. The molecular formula is C12H15ClSi. The zero-order valence-electron chi connectivity index (χ0n) is 9.11. The van der Waals surface area contributed by atoms with E-state index in [1.165, 1.54) is 5.56 Å². The van der Waals surface area contributed by atoms with Crippen molar-refractivity contribution < 1.29 is 0 Å². The molecule has 0 fully saturated rings. The van der Waals surface area contributed by atoms with Gasteiger partial charge in [0.2, 0.25) is 0 Å². The van der Waals surface area contributed by atoms with Crippen molar-refractivity contribution in [3.8, 4) is 11.5 Å². The van der Waals surface area contributed by atoms with Crippen LogP contribution in [0.15, 0.2) is 18.2 Å². The highest BCUT2D eigenvalue weighted by Crippen LogP contribution is 2.14. The molecule has 0 saturated heterocycles. The summed E-state index contributed by atoms with van der Waals surface area (Å²) < 4.78 is 0. The van der Waals surface area contributed by atoms with Crippen molar-refractivity contribution >= 4 is 19.7 Å². The minimum Gasteiger partial charge on any atom is -0.127 e. The van der Waals surface area contributed by atoms with E-state index in [2.05, 4.69) is 38.0 Å². The zero-order valence-corrected chi connectivity index (χ0v) is 10.9. The lowest BCUT2D eigenvalue weighted by molar-refractivity contribution is 1.44. The van der Waals surface area contributed by atoms with Crippen LogP contribution in [-0.2, 0) is 0 Å². The molecule has 0 radical (unpaired) electrons. The number of halogens is 1. The molecule has 74 valence electrons. The van der Waals surface area contributed by atoms with Crippen LogP contribution in [0.3, 0.4) is 0 Å². The van der Waals surface area contributed by atoms with E-state index in [0.717, 1.165) is 10.6 Å². The first-order valence-electron chi connectivity index (χ1n) is 4.68. The fourth-order valence-corrected chi connectivity index (χ4v) is 1.67. The highest BCUT2D eigenvalue weighted by Gasteiger charge is 2.07. The van der Waals surface area contributed by atoms with E-state index in [0.29, 0.717) is 0 Å². The minimum absolute atomic E-state index is 0.760. The molecule has 0 bridgehead atoms. The van der Waals surface area contributed by atoms with Crippen LogP contribution in [0.5, 0.6) is 0 Å². The lowest BCUT2D eigenvalue weighted by atomic mass is 10.1. The van der Waals surface area contributed by atoms with Gasteiger partial charge in [-0.25, -0.2) is 0 Å². The van der Waals surface area contributed by atoms with Gasteiger partial charge in [-0.05, 0) is 24.6 Å². The van der Waals surface area contributed by atoms with Gasteiger partial charge in [0.05, 0.1) is 0 Å². The van der Waals surface area contributed by atoms with Gasteiger partial charge in [0.15, 0.2) is 0 Å². The molecule has 0 N–H and O–H groups in total. The molecule has 0 atom stereocenters. The molecule has 2 heteroatoms. The number of hydrogen-bond donors (Lipinski definition) is 0. The Hall–Kier alpha value is -0.713. The third-order valence-corrected chi connectivity index (χ3v) is 2.88. The fourth-order valence-electron chi connectivity index (χ4n) is 0.984. The Morgan fingerprint density at radius 3 is 2.43 bits per heavy atom. The predicted octanol–water partition coefficient (Wildman–Crippen LogP) is 3.88. The first-order chi connectivity index (χ1) is 6.38. The van der Waals surface area contributed by atoms with Crippen molar-refractivity contribution in [2.75, 3.05) is 0 Å². The summed E-state index contributed by atoms with van der Waals surface area (Å²) in [7, 11) is -1.28. The van der Waals surface area contributed by atoms with Crippen molar-refractivity contribution in [2.45, 2.75) is 26.6 Å². The Morgan fingerprint density at radius 2 is 1.86 bits per heavy atom. The summed E-state index contributed by atoms with van der Waals surface area (Å²) in [6.45, 7) is 8.77. The van der Waals surface area contributed by atoms with Crippen molar-refractivity contribution in [2.24, 2.45) is 0 Å². The van der Waals surface area contributed by atoms with Crippen molar-refractivity contribution in [1.29, 1.82) is 0 Å². The standard InChI is InChI=1S/C12H15ClSi/c1-10-5-6-12(13)9-11(10)7-8-14(2,3)4/h5-6,9H,1-4H3. The van der Waals surface area contributed by atoms with Crippen molar-refractivity contribution in [3.63, 3.8) is 0 Å². The smallest absolute Gasteiger partial charge is 0.127 e. The molecule has 1 aromatic rings. The van der Waals surface area contributed by atoms with Crippen LogP contribution >= 0.6 is 11.6 Å². The van der Waals surface area contributed by atoms with E-state index < -0.39 is 8.07 Å². The van der Waals surface area contributed by atoms with Gasteiger partial charge in [0.1, 0.15) is 8.07 Å². The number of rotatable bonds is 0. The summed E-state index contributed by atoms with van der Waals surface area (Å²) >= 11 is 5.91. The molecule has 1 aromatic carbocycles. The molecule has 0 aliphatic carbocycles. The molecule has 14 heavy (non-hydrogen) atoms. The topological polar surface area (TPSA) is 0 Å². The Morgan fingerprint density at radius 1 is 1.21 bits per heavy atom. The Labute approximate surface area is 92.3 Å². The average Bonchev–Trinajstić information content (AvgIpc) is 2.05. The quantitative estimate of drug-likeness (QED) is 0.462. The number of aryl methyl sites for hydroxylation is 1. The van der Waals surface area contributed by atoms with Crippen molar-refractivity contribution in [3.05, 3.63) is 34.3 Å². The molecule has 0 amide bonds. The molecular weight excluding hydrogens is 208 g/mol. The fraction of sp³-hybridized carbons (Fsp3) is 0.333. The molecule has 0 heterocycles. The van der Waals surface area contributed by atoms with Crippen LogP contribution in [0.2, 0.25) is 24.7 Å². The molecule has 0 aromatic heterocycles. The molecule has 0 nitrogen and oxygen atoms in total. The molecule has 0 aliphatic heterocycles. The number of benzene rings is 1. The van der Waals surface area contributed by atoms with Crippen molar-refractivity contribution in [1.82, 2.24) is 0 Å². The van der Waals surface area contributed by atoms with Crippen LogP contribution in [0.1, 0.15) is 11.1 Å². The Balaban J connectivity index is 3.06. The first kappa shape index (κ1) is 11.4. The van der Waals surface area contributed by atoms with E-state index in [4.69, 9.17) is 11.6 Å². The Kier molecular flexibility index (Phi) is 3.42. The second-order valence-electron chi connectivity index (χ2n) is 4.46. The van der Waals surface area contributed by atoms with E-state index in [1.807, 2.05) is 18.2 Å². The summed E-state index contributed by atoms with van der Waals surface area (Å²) in [5.74, 6) is 3.22. The van der Waals surface area contributed by atoms with E-state index >= 15 is 0 Å². The lowest BCUT2D eigenvalue weighted by Crippen LogP contribution is -2.16. The van der Waals surface area contributed by atoms with Gasteiger partial charge in [-0.2, -0.15) is 0 Å². The Bertz CT molecular complexity index is 391. The van der Waals surface area contributed by atoms with Gasteiger partial charge in [-0.1, -0.05) is 43.2 Å². The summed E-state index contributed by atoms with van der Waals surface area (Å²) in [6, 6.07) is 5.84. The lowest BCUT2D eigenvalue weighted by Gasteiger charge is -2.04. The highest BCUT2D eigenvalue weighted by atomic mass is 35.5. The van der Waals surface area contributed by atoms with Crippen LogP contribution in [-0.4, -0.2) is 8.07 Å². The van der Waals surface area contributed by atoms with Gasteiger partial charge >= 0.3 is 0 Å². The maximum absolute atomic E-state index is 5.91. The largest absolute Gasteiger partial charge is 0.129 e. The van der Waals surface area contributed by atoms with Crippen LogP contribution < -0.4 is 0 Å². The van der Waals surface area contributed by atoms with E-state index in [9.17, 15) is 0 Å². The van der Waals surface area contributed by atoms with Gasteiger partial charge in [0.25, 0.3) is 0 Å². The SMILES string of the molecule is Cc1ccc(Cl)cc1C#C[Si](C)(C)C. The minimum atomic E-state index is -1.28. The second kappa shape index (κ2) is 4.21. The van der Waals surface area contributed by atoms with Crippen LogP contribution in [0.4, 0.5) is 0 Å². The monoisotopic (exact) mass is 222 g/mol.